The normalized spacial score (nSPS) is 11.6. The number of benzene rings is 3. The zero-order valence-electron chi connectivity index (χ0n) is 18.6. The highest BCUT2D eigenvalue weighted by Gasteiger charge is 2.38. The lowest BCUT2D eigenvalue weighted by molar-refractivity contribution is -0.192. The summed E-state index contributed by atoms with van der Waals surface area (Å²) in [6, 6.07) is 22.3. The molecule has 0 radical (unpaired) electrons. The number of aromatic amines is 1. The number of fused-ring (bicyclic) bond motifs is 1. The van der Waals surface area contributed by atoms with Crippen LogP contribution in [0.3, 0.4) is 0 Å². The first-order valence-electron chi connectivity index (χ1n) is 10.4. The molecule has 0 aliphatic heterocycles. The Kier molecular flexibility index (Phi) is 7.75. The maximum Gasteiger partial charge on any atom is 0.490 e. The molecule has 0 aliphatic carbocycles. The van der Waals surface area contributed by atoms with Crippen LogP contribution in [0, 0.1) is 0 Å². The molecule has 0 unspecified atom stereocenters. The molecule has 36 heavy (non-hydrogen) atoms. The number of hydrogen-bond donors (Lipinski definition) is 5. The summed E-state index contributed by atoms with van der Waals surface area (Å²) in [7, 11) is 0. The molecule has 4 rings (SSSR count). The number of aliphatic imine (C=N–C) groups is 1. The van der Waals surface area contributed by atoms with Crippen LogP contribution in [0.2, 0.25) is 0 Å². The van der Waals surface area contributed by atoms with Crippen molar-refractivity contribution in [1.82, 2.24) is 4.98 Å². The average Bonchev–Trinajstić information content (AvgIpc) is 3.17. The Bertz CT molecular complexity index is 1430. The van der Waals surface area contributed by atoms with Crippen molar-refractivity contribution in [3.63, 3.8) is 0 Å². The number of aromatic nitrogens is 1. The second-order valence-corrected chi connectivity index (χ2v) is 7.48. The number of carboxylic acids is 1. The second-order valence-electron chi connectivity index (χ2n) is 7.48. The minimum Gasteiger partial charge on any atom is -0.494 e. The van der Waals surface area contributed by atoms with Crippen LogP contribution < -0.4 is 11.5 Å². The quantitative estimate of drug-likeness (QED) is 0.261. The number of amides is 1. The number of carboxylic acid groups (broad SMARTS) is 1. The van der Waals surface area contributed by atoms with E-state index in [9.17, 15) is 23.1 Å². The molecule has 0 bridgehead atoms. The monoisotopic (exact) mass is 498 g/mol. The minimum absolute atomic E-state index is 0.0285. The van der Waals surface area contributed by atoms with Crippen LogP contribution in [-0.2, 0) is 11.3 Å². The van der Waals surface area contributed by atoms with E-state index in [0.29, 0.717) is 28.9 Å². The fraction of sp³-hybridized carbons (Fsp3) is 0.0800. The third-order valence-corrected chi connectivity index (χ3v) is 4.98. The van der Waals surface area contributed by atoms with Gasteiger partial charge in [0.2, 0.25) is 5.91 Å². The van der Waals surface area contributed by atoms with Crippen molar-refractivity contribution in [3.05, 3.63) is 95.1 Å². The Balaban J connectivity index is 0.000000454. The van der Waals surface area contributed by atoms with Gasteiger partial charge in [0.1, 0.15) is 0 Å². The predicted octanol–water partition coefficient (Wildman–Crippen LogP) is 4.23. The molecule has 7 N–H and O–H groups in total. The van der Waals surface area contributed by atoms with Crippen LogP contribution in [0.15, 0.2) is 77.8 Å². The highest BCUT2D eigenvalue weighted by atomic mass is 19.4. The smallest absolute Gasteiger partial charge is 0.490 e. The molecule has 0 spiro atoms. The molecule has 0 atom stereocenters. The number of H-pyrrole nitrogens is 1. The number of nitrogens with two attached hydrogens (primary N) is 2. The van der Waals surface area contributed by atoms with E-state index in [1.165, 1.54) is 0 Å². The van der Waals surface area contributed by atoms with Gasteiger partial charge < -0.3 is 26.7 Å². The molecule has 8 nitrogen and oxygen atoms in total. The molecule has 4 aromatic rings. The van der Waals surface area contributed by atoms with Crippen LogP contribution in [0.1, 0.15) is 27.0 Å². The number of nitrogens with one attached hydrogen (secondary N) is 1. The SMILES string of the molecule is NCc1cccc(N=C(c2ccccc2)c2c(O)[nH]c3cc(C(N)=O)ccc23)c1.O=C(O)C(F)(F)F. The third kappa shape index (κ3) is 6.07. The fourth-order valence-corrected chi connectivity index (χ4v) is 3.32. The number of carbonyl (C=O) groups excluding carboxylic acids is 1. The van der Waals surface area contributed by atoms with Crippen LogP contribution in [0.4, 0.5) is 18.9 Å². The van der Waals surface area contributed by atoms with Crippen molar-refractivity contribution >= 4 is 34.2 Å². The van der Waals surface area contributed by atoms with Crippen molar-refractivity contribution in [2.45, 2.75) is 12.7 Å². The number of primary amides is 1. The first-order chi connectivity index (χ1) is 17.0. The maximum absolute atomic E-state index is 11.5. The van der Waals surface area contributed by atoms with Gasteiger partial charge in [-0.15, -0.1) is 0 Å². The highest BCUT2D eigenvalue weighted by Crippen LogP contribution is 2.32. The molecule has 0 saturated heterocycles. The molecule has 1 amide bonds. The predicted molar refractivity (Wildman–Crippen MR) is 128 cm³/mol. The van der Waals surface area contributed by atoms with E-state index >= 15 is 0 Å². The van der Waals surface area contributed by atoms with Gasteiger partial charge in [-0.3, -0.25) is 4.79 Å². The number of hydrogen-bond acceptors (Lipinski definition) is 5. The van der Waals surface area contributed by atoms with Crippen LogP contribution in [0.5, 0.6) is 5.88 Å². The number of aliphatic carboxylic acids is 1. The van der Waals surface area contributed by atoms with Crippen molar-refractivity contribution in [3.8, 4) is 5.88 Å². The summed E-state index contributed by atoms with van der Waals surface area (Å²) in [5.74, 6) is -3.32. The van der Waals surface area contributed by atoms with E-state index in [1.807, 2.05) is 54.6 Å². The molecule has 1 heterocycles. The van der Waals surface area contributed by atoms with E-state index in [-0.39, 0.29) is 5.88 Å². The Hall–Kier alpha value is -4.64. The largest absolute Gasteiger partial charge is 0.494 e. The van der Waals surface area contributed by atoms with Crippen LogP contribution in [0.25, 0.3) is 10.9 Å². The van der Waals surface area contributed by atoms with Gasteiger partial charge in [0.25, 0.3) is 0 Å². The van der Waals surface area contributed by atoms with Crippen molar-refractivity contribution in [2.24, 2.45) is 16.5 Å². The summed E-state index contributed by atoms with van der Waals surface area (Å²) in [6.45, 7) is 0.415. The zero-order chi connectivity index (χ0) is 26.5. The van der Waals surface area contributed by atoms with Gasteiger partial charge in [-0.05, 0) is 29.8 Å². The van der Waals surface area contributed by atoms with Gasteiger partial charge in [0, 0.05) is 28.6 Å². The van der Waals surface area contributed by atoms with E-state index in [0.717, 1.165) is 22.2 Å². The standard InChI is InChI=1S/C23H20N4O2.C2HF3O2/c24-13-14-5-4-8-17(11-14)26-21(15-6-2-1-3-7-15)20-18-10-9-16(22(25)28)12-19(18)27-23(20)29;3-2(4,5)1(6)7/h1-12,27,29H,13,24H2,(H2,25,28);(H,6,7). The highest BCUT2D eigenvalue weighted by molar-refractivity contribution is 6.22. The summed E-state index contributed by atoms with van der Waals surface area (Å²) >= 11 is 0. The Labute approximate surface area is 202 Å². The number of halogens is 3. The second kappa shape index (κ2) is 10.7. The first-order valence-corrected chi connectivity index (χ1v) is 10.4. The lowest BCUT2D eigenvalue weighted by Gasteiger charge is -2.08. The van der Waals surface area contributed by atoms with Gasteiger partial charge in [-0.1, -0.05) is 48.5 Å². The topological polar surface area (TPSA) is 155 Å². The van der Waals surface area contributed by atoms with Crippen molar-refractivity contribution in [2.75, 3.05) is 0 Å². The van der Waals surface area contributed by atoms with Crippen molar-refractivity contribution < 1.29 is 33.0 Å². The number of aromatic hydroxyl groups is 1. The first kappa shape index (κ1) is 26.0. The van der Waals surface area contributed by atoms with Crippen molar-refractivity contribution in [1.29, 1.82) is 0 Å². The average molecular weight is 498 g/mol. The maximum atomic E-state index is 11.5. The summed E-state index contributed by atoms with van der Waals surface area (Å²) < 4.78 is 31.7. The van der Waals surface area contributed by atoms with Gasteiger partial charge in [0.05, 0.1) is 17.0 Å². The van der Waals surface area contributed by atoms with Gasteiger partial charge in [0.15, 0.2) is 5.88 Å². The summed E-state index contributed by atoms with van der Waals surface area (Å²) in [4.78, 5) is 28.2. The molecular formula is C25H21F3N4O4. The molecule has 186 valence electrons. The van der Waals surface area contributed by atoms with Crippen LogP contribution >= 0.6 is 0 Å². The zero-order valence-corrected chi connectivity index (χ0v) is 18.6. The lowest BCUT2D eigenvalue weighted by Crippen LogP contribution is -2.21. The lowest BCUT2D eigenvalue weighted by atomic mass is 10.00. The third-order valence-electron chi connectivity index (χ3n) is 4.98. The van der Waals surface area contributed by atoms with E-state index in [1.54, 1.807) is 18.2 Å². The number of alkyl halides is 3. The molecule has 0 fully saturated rings. The Morgan fingerprint density at radius 1 is 0.944 bits per heavy atom. The number of rotatable bonds is 5. The van der Waals surface area contributed by atoms with Gasteiger partial charge >= 0.3 is 12.1 Å². The molecular weight excluding hydrogens is 477 g/mol. The molecule has 1 aromatic heterocycles. The Morgan fingerprint density at radius 3 is 2.19 bits per heavy atom. The van der Waals surface area contributed by atoms with Gasteiger partial charge in [-0.2, -0.15) is 13.2 Å². The Morgan fingerprint density at radius 2 is 1.61 bits per heavy atom. The fourth-order valence-electron chi connectivity index (χ4n) is 3.32. The molecule has 11 heteroatoms. The van der Waals surface area contributed by atoms with Crippen LogP contribution in [-0.4, -0.2) is 39.0 Å². The summed E-state index contributed by atoms with van der Waals surface area (Å²) in [6.07, 6.45) is -5.08. The molecule has 0 saturated carbocycles. The summed E-state index contributed by atoms with van der Waals surface area (Å²) in [5, 5.41) is 18.6. The van der Waals surface area contributed by atoms with E-state index in [2.05, 4.69) is 4.98 Å². The van der Waals surface area contributed by atoms with Gasteiger partial charge in [-0.25, -0.2) is 9.79 Å². The number of nitrogens with zero attached hydrogens (tertiary/aromatic N) is 1. The van der Waals surface area contributed by atoms with E-state index < -0.39 is 18.1 Å². The molecule has 3 aromatic carbocycles. The molecule has 0 aliphatic rings. The minimum atomic E-state index is -5.08. The van der Waals surface area contributed by atoms with E-state index in [4.69, 9.17) is 26.4 Å². The summed E-state index contributed by atoms with van der Waals surface area (Å²) in [5.41, 5.74) is 15.8. The number of carbonyl (C=O) groups is 2.